The lowest BCUT2D eigenvalue weighted by Crippen LogP contribution is -2.40. The third-order valence-corrected chi connectivity index (χ3v) is 8.01. The van der Waals surface area contributed by atoms with E-state index in [-0.39, 0.29) is 35.2 Å². The van der Waals surface area contributed by atoms with E-state index in [1.165, 1.54) is 23.4 Å². The first kappa shape index (κ1) is 28.6. The van der Waals surface area contributed by atoms with Crippen LogP contribution in [-0.2, 0) is 11.3 Å². The number of nitriles is 1. The number of fused-ring (bicyclic) bond motifs is 1. The molecule has 3 N–H and O–H groups in total. The molecule has 0 aliphatic carbocycles. The van der Waals surface area contributed by atoms with Crippen molar-refractivity contribution in [3.63, 3.8) is 0 Å². The SMILES string of the molecule is N#CC(=C[C@@H]1CCCN1C(=O)O)C(=O)N1CCC[C@@H]1Cn1nc(-c2ccc(Oc3ccccc3)cc2F)c2c(N)ncnc21. The van der Waals surface area contributed by atoms with Crippen LogP contribution in [0.4, 0.5) is 15.0 Å². The number of carbonyl (C=O) groups is 2. The summed E-state index contributed by atoms with van der Waals surface area (Å²) >= 11 is 0. The molecule has 2 aliphatic rings. The number of carboxylic acid groups (broad SMARTS) is 1. The summed E-state index contributed by atoms with van der Waals surface area (Å²) in [5, 5.41) is 24.4. The first-order valence-corrected chi connectivity index (χ1v) is 14.3. The molecule has 44 heavy (non-hydrogen) atoms. The Kier molecular flexibility index (Phi) is 7.80. The fraction of sp³-hybridized carbons (Fsp3) is 0.290. The van der Waals surface area contributed by atoms with E-state index in [1.54, 1.807) is 33.8 Å². The number of amides is 2. The number of para-hydroxylation sites is 1. The van der Waals surface area contributed by atoms with Gasteiger partial charge in [0.1, 0.15) is 46.8 Å². The molecule has 4 heterocycles. The van der Waals surface area contributed by atoms with Gasteiger partial charge in [0.2, 0.25) is 0 Å². The number of rotatable bonds is 7. The lowest BCUT2D eigenvalue weighted by Gasteiger charge is -2.25. The predicted molar refractivity (Wildman–Crippen MR) is 158 cm³/mol. The number of ether oxygens (including phenoxy) is 1. The van der Waals surface area contributed by atoms with Gasteiger partial charge in [-0.15, -0.1) is 0 Å². The van der Waals surface area contributed by atoms with Crippen molar-refractivity contribution in [1.29, 1.82) is 5.26 Å². The second kappa shape index (κ2) is 12.0. The van der Waals surface area contributed by atoms with Gasteiger partial charge >= 0.3 is 6.09 Å². The van der Waals surface area contributed by atoms with E-state index in [1.807, 2.05) is 24.3 Å². The maximum absolute atomic E-state index is 15.5. The first-order chi connectivity index (χ1) is 21.3. The third-order valence-electron chi connectivity index (χ3n) is 8.01. The fourth-order valence-corrected chi connectivity index (χ4v) is 5.92. The van der Waals surface area contributed by atoms with Gasteiger partial charge in [-0.25, -0.2) is 23.8 Å². The lowest BCUT2D eigenvalue weighted by atomic mass is 10.1. The number of likely N-dealkylation sites (tertiary alicyclic amines) is 2. The van der Waals surface area contributed by atoms with Crippen LogP contribution in [0.5, 0.6) is 11.5 Å². The Morgan fingerprint density at radius 1 is 1.09 bits per heavy atom. The van der Waals surface area contributed by atoms with E-state index in [0.29, 0.717) is 61.3 Å². The quantitative estimate of drug-likeness (QED) is 0.229. The van der Waals surface area contributed by atoms with Crippen molar-refractivity contribution in [2.24, 2.45) is 0 Å². The minimum absolute atomic E-state index is 0.0903. The zero-order valence-electron chi connectivity index (χ0n) is 23.6. The summed E-state index contributed by atoms with van der Waals surface area (Å²) in [6.07, 6.45) is 4.25. The number of halogens is 1. The Hall–Kier alpha value is -5.51. The van der Waals surface area contributed by atoms with Crippen molar-refractivity contribution in [1.82, 2.24) is 29.5 Å². The molecule has 0 unspecified atom stereocenters. The average molecular weight is 597 g/mol. The van der Waals surface area contributed by atoms with Crippen LogP contribution < -0.4 is 10.5 Å². The molecule has 2 aromatic heterocycles. The molecule has 2 fully saturated rings. The highest BCUT2D eigenvalue weighted by Gasteiger charge is 2.34. The Morgan fingerprint density at radius 2 is 1.86 bits per heavy atom. The van der Waals surface area contributed by atoms with Gasteiger partial charge in [0.05, 0.1) is 24.0 Å². The summed E-state index contributed by atoms with van der Waals surface area (Å²) in [5.74, 6) is -0.0144. The van der Waals surface area contributed by atoms with Gasteiger partial charge in [-0.3, -0.25) is 4.79 Å². The Morgan fingerprint density at radius 3 is 2.61 bits per heavy atom. The van der Waals surface area contributed by atoms with Crippen molar-refractivity contribution < 1.29 is 23.8 Å². The minimum Gasteiger partial charge on any atom is -0.465 e. The molecule has 2 atom stereocenters. The van der Waals surface area contributed by atoms with Crippen LogP contribution >= 0.6 is 0 Å². The summed E-state index contributed by atoms with van der Waals surface area (Å²) < 4.78 is 22.9. The highest BCUT2D eigenvalue weighted by molar-refractivity contribution is 5.99. The average Bonchev–Trinajstić information content (AvgIpc) is 3.76. The summed E-state index contributed by atoms with van der Waals surface area (Å²) in [5.41, 5.74) is 6.97. The predicted octanol–water partition coefficient (Wildman–Crippen LogP) is 4.59. The summed E-state index contributed by atoms with van der Waals surface area (Å²) in [6.45, 7) is 1.01. The second-order valence-electron chi connectivity index (χ2n) is 10.7. The zero-order valence-corrected chi connectivity index (χ0v) is 23.6. The molecule has 2 aromatic carbocycles. The smallest absolute Gasteiger partial charge is 0.407 e. The molecular weight excluding hydrogens is 567 g/mol. The number of carbonyl (C=O) groups excluding carboxylic acids is 1. The number of hydrogen-bond acceptors (Lipinski definition) is 8. The molecule has 2 aliphatic heterocycles. The van der Waals surface area contributed by atoms with E-state index in [9.17, 15) is 20.0 Å². The van der Waals surface area contributed by atoms with Crippen molar-refractivity contribution in [3.05, 3.63) is 72.3 Å². The van der Waals surface area contributed by atoms with Gasteiger partial charge in [0.25, 0.3) is 5.91 Å². The third kappa shape index (κ3) is 5.49. The molecule has 0 spiro atoms. The number of benzene rings is 2. The summed E-state index contributed by atoms with van der Waals surface area (Å²) in [6, 6.07) is 14.6. The first-order valence-electron chi connectivity index (χ1n) is 14.3. The highest BCUT2D eigenvalue weighted by Crippen LogP contribution is 2.35. The number of nitrogens with two attached hydrogens (primary N) is 1. The molecule has 6 rings (SSSR count). The van der Waals surface area contributed by atoms with Crippen LogP contribution in [0.25, 0.3) is 22.3 Å². The molecule has 13 heteroatoms. The van der Waals surface area contributed by atoms with Gasteiger partial charge in [-0.05, 0) is 56.0 Å². The van der Waals surface area contributed by atoms with E-state index in [2.05, 4.69) is 9.97 Å². The summed E-state index contributed by atoms with van der Waals surface area (Å²) in [4.78, 5) is 36.4. The molecule has 2 amide bonds. The molecule has 0 saturated carbocycles. The van der Waals surface area contributed by atoms with Gasteiger partial charge in [-0.1, -0.05) is 18.2 Å². The Balaban J connectivity index is 1.28. The fourth-order valence-electron chi connectivity index (χ4n) is 5.92. The van der Waals surface area contributed by atoms with Crippen molar-refractivity contribution in [2.45, 2.75) is 44.3 Å². The van der Waals surface area contributed by atoms with Crippen LogP contribution in [0.2, 0.25) is 0 Å². The number of aromatic nitrogens is 4. The van der Waals surface area contributed by atoms with E-state index < -0.39 is 23.9 Å². The van der Waals surface area contributed by atoms with Gasteiger partial charge in [-0.2, -0.15) is 10.4 Å². The number of anilines is 1. The maximum Gasteiger partial charge on any atom is 0.407 e. The van der Waals surface area contributed by atoms with E-state index in [0.717, 1.165) is 0 Å². The van der Waals surface area contributed by atoms with Crippen molar-refractivity contribution in [2.75, 3.05) is 18.8 Å². The van der Waals surface area contributed by atoms with Crippen LogP contribution in [0, 0.1) is 17.1 Å². The van der Waals surface area contributed by atoms with Crippen molar-refractivity contribution in [3.8, 4) is 28.8 Å². The van der Waals surface area contributed by atoms with Crippen LogP contribution in [-0.4, -0.2) is 71.8 Å². The number of nitrogen functional groups attached to an aromatic ring is 1. The summed E-state index contributed by atoms with van der Waals surface area (Å²) in [7, 11) is 0. The van der Waals surface area contributed by atoms with Crippen LogP contribution in [0.15, 0.2) is 66.5 Å². The van der Waals surface area contributed by atoms with Crippen LogP contribution in [0.3, 0.4) is 0 Å². The Bertz CT molecular complexity index is 1800. The number of hydrogen-bond donors (Lipinski definition) is 2. The monoisotopic (exact) mass is 596 g/mol. The standard InChI is InChI=1S/C31H29FN8O4/c32-25-15-23(44-22-8-2-1-3-9-22)10-11-24(25)27-26-28(34)35-18-36-29(26)40(37-27)17-21-7-5-12-38(21)30(41)19(16-33)14-20-6-4-13-39(20)31(42)43/h1-3,8-11,14-15,18,20-21H,4-7,12-13,17H2,(H,42,43)(H2,34,35,36)/t20-,21+/m0/s1. The molecule has 4 aromatic rings. The molecule has 224 valence electrons. The largest absolute Gasteiger partial charge is 0.465 e. The van der Waals surface area contributed by atoms with Crippen LogP contribution in [0.1, 0.15) is 25.7 Å². The number of nitrogens with zero attached hydrogens (tertiary/aromatic N) is 7. The molecule has 12 nitrogen and oxygen atoms in total. The van der Waals surface area contributed by atoms with Crippen molar-refractivity contribution >= 4 is 28.9 Å². The molecule has 2 saturated heterocycles. The zero-order chi connectivity index (χ0) is 30.8. The maximum atomic E-state index is 15.5. The Labute approximate surface area is 251 Å². The van der Waals surface area contributed by atoms with E-state index >= 15 is 4.39 Å². The topological polar surface area (TPSA) is 163 Å². The normalized spacial score (nSPS) is 18.5. The molecule has 0 radical (unpaired) electrons. The highest BCUT2D eigenvalue weighted by atomic mass is 19.1. The van der Waals surface area contributed by atoms with E-state index in [4.69, 9.17) is 15.6 Å². The second-order valence-corrected chi connectivity index (χ2v) is 10.7. The lowest BCUT2D eigenvalue weighted by molar-refractivity contribution is -0.127. The molecule has 0 bridgehead atoms. The van der Waals surface area contributed by atoms with Gasteiger partial charge < -0.3 is 25.4 Å². The minimum atomic E-state index is -1.08. The molecular formula is C31H29FN8O4. The van der Waals surface area contributed by atoms with Gasteiger partial charge in [0, 0.05) is 24.7 Å². The van der Waals surface area contributed by atoms with Gasteiger partial charge in [0.15, 0.2) is 5.65 Å².